The van der Waals surface area contributed by atoms with E-state index >= 15 is 0 Å². The normalized spacial score (nSPS) is 12.8. The first-order valence-electron chi connectivity index (χ1n) is 8.77. The van der Waals surface area contributed by atoms with Crippen LogP contribution in [-0.2, 0) is 0 Å². The van der Waals surface area contributed by atoms with E-state index in [0.717, 1.165) is 0 Å². The molecule has 0 saturated heterocycles. The van der Waals surface area contributed by atoms with Gasteiger partial charge in [-0.2, -0.15) is 0 Å². The molecule has 118 valence electrons. The lowest BCUT2D eigenvalue weighted by Crippen LogP contribution is -2.23. The molecule has 5 rings (SSSR count). The summed E-state index contributed by atoms with van der Waals surface area (Å²) in [7, 11) is -0.459. The lowest BCUT2D eigenvalue weighted by Gasteiger charge is -2.16. The first-order valence-corrected chi connectivity index (χ1v) is 10.2. The average molecular weight is 334 g/mol. The van der Waals surface area contributed by atoms with Crippen LogP contribution < -0.4 is 10.4 Å². The molecule has 0 fully saturated rings. The van der Waals surface area contributed by atoms with Crippen LogP contribution >= 0.6 is 0 Å². The van der Waals surface area contributed by atoms with E-state index in [0.29, 0.717) is 0 Å². The molecule has 0 saturated carbocycles. The maximum Gasteiger partial charge on any atom is 0.0899 e. The van der Waals surface area contributed by atoms with Crippen LogP contribution in [0.5, 0.6) is 0 Å². The third kappa shape index (κ3) is 2.36. The molecule has 0 unspecified atom stereocenters. The van der Waals surface area contributed by atoms with Crippen LogP contribution in [0.4, 0.5) is 0 Å². The minimum atomic E-state index is -0.459. The van der Waals surface area contributed by atoms with Gasteiger partial charge in [-0.15, -0.1) is 0 Å². The van der Waals surface area contributed by atoms with E-state index in [1.165, 1.54) is 33.4 Å². The van der Waals surface area contributed by atoms with Crippen molar-refractivity contribution in [2.75, 3.05) is 0 Å². The molecule has 0 atom stereocenters. The van der Waals surface area contributed by atoms with E-state index in [4.69, 9.17) is 0 Å². The molecule has 25 heavy (non-hydrogen) atoms. The lowest BCUT2D eigenvalue weighted by atomic mass is 9.91. The monoisotopic (exact) mass is 334 g/mol. The predicted octanol–water partition coefficient (Wildman–Crippen LogP) is 4.12. The van der Waals surface area contributed by atoms with E-state index in [1.54, 1.807) is 10.4 Å². The predicted molar refractivity (Wildman–Crippen MR) is 111 cm³/mol. The Bertz CT molecular complexity index is 1050. The molecular weight excluding hydrogens is 316 g/mol. The van der Waals surface area contributed by atoms with Gasteiger partial charge >= 0.3 is 0 Å². The summed E-state index contributed by atoms with van der Waals surface area (Å²) in [6.07, 6.45) is 0. The van der Waals surface area contributed by atoms with E-state index in [-0.39, 0.29) is 0 Å². The van der Waals surface area contributed by atoms with Crippen LogP contribution in [0, 0.1) is 0 Å². The van der Waals surface area contributed by atoms with Gasteiger partial charge in [0.1, 0.15) is 0 Å². The van der Waals surface area contributed by atoms with Crippen molar-refractivity contribution in [1.29, 1.82) is 0 Å². The van der Waals surface area contributed by atoms with Gasteiger partial charge in [-0.05, 0) is 38.6 Å². The Kier molecular flexibility index (Phi) is 3.39. The molecule has 1 heterocycles. The first-order chi connectivity index (χ1) is 12.4. The highest BCUT2D eigenvalue weighted by Crippen LogP contribution is 2.35. The van der Waals surface area contributed by atoms with Crippen LogP contribution in [0.25, 0.3) is 33.4 Å². The van der Waals surface area contributed by atoms with Crippen molar-refractivity contribution in [3.05, 3.63) is 97.1 Å². The fourth-order valence-electron chi connectivity index (χ4n) is 4.00. The zero-order valence-electron chi connectivity index (χ0n) is 13.9. The summed E-state index contributed by atoms with van der Waals surface area (Å²) in [5.74, 6) is 0. The van der Waals surface area contributed by atoms with Crippen molar-refractivity contribution in [2.24, 2.45) is 0 Å². The van der Waals surface area contributed by atoms with Gasteiger partial charge < -0.3 is 0 Å². The molecule has 0 N–H and O–H groups in total. The molecule has 0 radical (unpaired) electrons. The molecule has 0 spiro atoms. The van der Waals surface area contributed by atoms with Crippen molar-refractivity contribution in [1.82, 2.24) is 0 Å². The Balaban J connectivity index is 1.82. The minimum absolute atomic E-state index is 0.459. The largest absolute Gasteiger partial charge is 0.0899 e. The van der Waals surface area contributed by atoms with Gasteiger partial charge in [0, 0.05) is 0 Å². The molecule has 1 aliphatic rings. The van der Waals surface area contributed by atoms with Crippen LogP contribution in [0.15, 0.2) is 97.1 Å². The molecule has 0 bridgehead atoms. The highest BCUT2D eigenvalue weighted by molar-refractivity contribution is 6.75. The van der Waals surface area contributed by atoms with Gasteiger partial charge in [-0.3, -0.25) is 0 Å². The number of hydrogen-bond donors (Lipinski definition) is 0. The summed E-state index contributed by atoms with van der Waals surface area (Å²) >= 11 is 0. The average Bonchev–Trinajstić information content (AvgIpc) is 3.07. The Morgan fingerprint density at radius 1 is 0.440 bits per heavy atom. The minimum Gasteiger partial charge on any atom is -0.0627 e. The maximum atomic E-state index is 2.34. The number of rotatable bonds is 2. The number of hydrogen-bond acceptors (Lipinski definition) is 0. The Labute approximate surface area is 150 Å². The fourth-order valence-corrected chi connectivity index (χ4v) is 6.21. The van der Waals surface area contributed by atoms with Crippen molar-refractivity contribution in [3.8, 4) is 33.4 Å². The van der Waals surface area contributed by atoms with Crippen LogP contribution in [0.3, 0.4) is 0 Å². The third-order valence-corrected chi connectivity index (χ3v) is 7.22. The molecule has 1 aliphatic heterocycles. The second-order valence-corrected chi connectivity index (χ2v) is 8.40. The fraction of sp³-hybridized carbons (Fsp3) is 0. The van der Waals surface area contributed by atoms with Gasteiger partial charge in [0.25, 0.3) is 0 Å². The zero-order chi connectivity index (χ0) is 16.6. The summed E-state index contributed by atoms with van der Waals surface area (Å²) in [4.78, 5) is 0. The summed E-state index contributed by atoms with van der Waals surface area (Å²) in [5.41, 5.74) is 8.31. The van der Waals surface area contributed by atoms with E-state index in [2.05, 4.69) is 97.1 Å². The van der Waals surface area contributed by atoms with Gasteiger partial charge in [0.2, 0.25) is 0 Å². The number of fused-ring (bicyclic) bond motifs is 3. The smallest absolute Gasteiger partial charge is 0.0627 e. The van der Waals surface area contributed by atoms with Gasteiger partial charge in [-0.25, -0.2) is 0 Å². The van der Waals surface area contributed by atoms with Crippen molar-refractivity contribution < 1.29 is 0 Å². The van der Waals surface area contributed by atoms with Crippen LogP contribution in [0.2, 0.25) is 0 Å². The summed E-state index contributed by atoms with van der Waals surface area (Å²) in [6.45, 7) is 0. The second kappa shape index (κ2) is 5.87. The van der Waals surface area contributed by atoms with Crippen molar-refractivity contribution in [3.63, 3.8) is 0 Å². The topological polar surface area (TPSA) is 0 Å². The van der Waals surface area contributed by atoms with E-state index in [1.807, 2.05) is 0 Å². The van der Waals surface area contributed by atoms with Gasteiger partial charge in [0.05, 0.1) is 9.52 Å². The van der Waals surface area contributed by atoms with Crippen molar-refractivity contribution in [2.45, 2.75) is 0 Å². The molecule has 1 heteroatoms. The van der Waals surface area contributed by atoms with Crippen LogP contribution in [0.1, 0.15) is 0 Å². The quantitative estimate of drug-likeness (QED) is 0.426. The Morgan fingerprint density at radius 3 is 1.80 bits per heavy atom. The molecule has 0 aliphatic carbocycles. The third-order valence-electron chi connectivity index (χ3n) is 5.13. The molecule has 0 nitrogen and oxygen atoms in total. The van der Waals surface area contributed by atoms with E-state index < -0.39 is 9.52 Å². The molecule has 4 aromatic rings. The molecule has 4 aromatic carbocycles. The molecular formula is C24H18Si. The van der Waals surface area contributed by atoms with Gasteiger partial charge in [-0.1, -0.05) is 102 Å². The zero-order valence-corrected chi connectivity index (χ0v) is 15.4. The SMILES string of the molecule is c1ccc(-c2ccc3c(c2-c2ccccc2)[SiH2]c2ccccc2-3)cc1. The first kappa shape index (κ1) is 14.4. The summed E-state index contributed by atoms with van der Waals surface area (Å²) in [6, 6.07) is 35.3. The summed E-state index contributed by atoms with van der Waals surface area (Å²) in [5, 5.41) is 3.16. The maximum absolute atomic E-state index is 2.34. The highest BCUT2D eigenvalue weighted by Gasteiger charge is 2.24. The van der Waals surface area contributed by atoms with Crippen LogP contribution in [-0.4, -0.2) is 9.52 Å². The standard InChI is InChI=1S/C24H18Si/c1-3-9-17(10-4-1)19-15-16-21-20-13-7-8-14-22(20)25-24(21)23(19)18-11-5-2-6-12-18/h1-16H,25H2. The Morgan fingerprint density at radius 2 is 1.04 bits per heavy atom. The Hall–Kier alpha value is -2.90. The van der Waals surface area contributed by atoms with Gasteiger partial charge in [0.15, 0.2) is 0 Å². The molecule has 0 amide bonds. The molecule has 0 aromatic heterocycles. The lowest BCUT2D eigenvalue weighted by molar-refractivity contribution is 1.60. The number of benzene rings is 4. The second-order valence-electron chi connectivity index (χ2n) is 6.58. The van der Waals surface area contributed by atoms with E-state index in [9.17, 15) is 0 Å². The van der Waals surface area contributed by atoms with Crippen molar-refractivity contribution >= 4 is 19.9 Å². The highest BCUT2D eigenvalue weighted by atomic mass is 28.2. The summed E-state index contributed by atoms with van der Waals surface area (Å²) < 4.78 is 0.